The van der Waals surface area contributed by atoms with Crippen molar-refractivity contribution in [2.45, 2.75) is 44.4 Å². The van der Waals surface area contributed by atoms with Crippen LogP contribution in [0.2, 0.25) is 0 Å². The monoisotopic (exact) mass is 392 g/mol. The van der Waals surface area contributed by atoms with Gasteiger partial charge in [0.05, 0.1) is 32.3 Å². The number of aromatic nitrogens is 2. The van der Waals surface area contributed by atoms with Gasteiger partial charge >= 0.3 is 0 Å². The molecule has 8 nitrogen and oxygen atoms in total. The maximum absolute atomic E-state index is 12.5. The molecule has 3 aliphatic rings. The molecule has 1 aromatic rings. The van der Waals surface area contributed by atoms with Crippen LogP contribution in [-0.4, -0.2) is 85.0 Å². The molecular formula is C20H32N4O4. The van der Waals surface area contributed by atoms with Gasteiger partial charge < -0.3 is 18.9 Å². The van der Waals surface area contributed by atoms with E-state index in [-0.39, 0.29) is 11.8 Å². The van der Waals surface area contributed by atoms with Crippen molar-refractivity contribution in [1.82, 2.24) is 19.9 Å². The highest BCUT2D eigenvalue weighted by Gasteiger charge is 2.31. The van der Waals surface area contributed by atoms with Crippen LogP contribution in [-0.2, 0) is 20.7 Å². The molecule has 0 radical (unpaired) electrons. The van der Waals surface area contributed by atoms with Gasteiger partial charge in [-0.25, -0.2) is 0 Å². The number of nitrogens with zero attached hydrogens (tertiary/aromatic N) is 4. The second-order valence-electron chi connectivity index (χ2n) is 8.24. The molecule has 2 saturated heterocycles. The van der Waals surface area contributed by atoms with Crippen LogP contribution < -0.4 is 0 Å². The van der Waals surface area contributed by atoms with Crippen molar-refractivity contribution < 1.29 is 18.8 Å². The van der Waals surface area contributed by atoms with Crippen LogP contribution in [0.3, 0.4) is 0 Å². The van der Waals surface area contributed by atoms with Gasteiger partial charge in [0.15, 0.2) is 5.82 Å². The third-order valence-corrected chi connectivity index (χ3v) is 6.13. The van der Waals surface area contributed by atoms with E-state index in [2.05, 4.69) is 15.0 Å². The van der Waals surface area contributed by atoms with E-state index < -0.39 is 0 Å². The summed E-state index contributed by atoms with van der Waals surface area (Å²) >= 11 is 0. The van der Waals surface area contributed by atoms with E-state index in [1.165, 1.54) is 25.7 Å². The maximum atomic E-state index is 12.5. The zero-order valence-corrected chi connectivity index (χ0v) is 16.7. The third kappa shape index (κ3) is 5.30. The van der Waals surface area contributed by atoms with Crippen molar-refractivity contribution in [2.24, 2.45) is 5.92 Å². The van der Waals surface area contributed by atoms with Gasteiger partial charge in [-0.3, -0.25) is 9.69 Å². The van der Waals surface area contributed by atoms with Crippen molar-refractivity contribution in [1.29, 1.82) is 0 Å². The minimum absolute atomic E-state index is 0.147. The summed E-state index contributed by atoms with van der Waals surface area (Å²) in [6.45, 7) is 6.49. The van der Waals surface area contributed by atoms with Crippen molar-refractivity contribution >= 4 is 5.91 Å². The maximum Gasteiger partial charge on any atom is 0.236 e. The normalized spacial score (nSPS) is 24.3. The van der Waals surface area contributed by atoms with Crippen LogP contribution in [0.5, 0.6) is 0 Å². The standard InChI is InChI=1S/C20H32N4O4/c25-19(14-23-8-11-26-12-9-23)24-7-5-17(13-24)20-21-18(22-28-20)6-10-27-15-16-3-1-2-4-16/h16-17H,1-15H2. The Morgan fingerprint density at radius 2 is 1.96 bits per heavy atom. The van der Waals surface area contributed by atoms with Crippen molar-refractivity contribution in [2.75, 3.05) is 59.2 Å². The Morgan fingerprint density at radius 3 is 2.79 bits per heavy atom. The Morgan fingerprint density at radius 1 is 1.14 bits per heavy atom. The van der Waals surface area contributed by atoms with E-state index in [4.69, 9.17) is 14.0 Å². The van der Waals surface area contributed by atoms with Crippen LogP contribution in [0.4, 0.5) is 0 Å². The Labute approximate surface area is 166 Å². The van der Waals surface area contributed by atoms with E-state index in [9.17, 15) is 4.79 Å². The minimum Gasteiger partial charge on any atom is -0.381 e. The molecule has 1 aliphatic carbocycles. The van der Waals surface area contributed by atoms with Crippen LogP contribution in [0.25, 0.3) is 0 Å². The van der Waals surface area contributed by atoms with Gasteiger partial charge in [-0.15, -0.1) is 0 Å². The molecule has 0 spiro atoms. The number of carbonyl (C=O) groups is 1. The molecular weight excluding hydrogens is 360 g/mol. The van der Waals surface area contributed by atoms with Gasteiger partial charge in [-0.2, -0.15) is 4.98 Å². The molecule has 1 atom stereocenters. The molecule has 1 amide bonds. The average Bonchev–Trinajstić information content (AvgIpc) is 3.47. The quantitative estimate of drug-likeness (QED) is 0.620. The first kappa shape index (κ1) is 19.8. The summed E-state index contributed by atoms with van der Waals surface area (Å²) in [5.41, 5.74) is 0. The van der Waals surface area contributed by atoms with Gasteiger partial charge in [-0.1, -0.05) is 18.0 Å². The summed E-state index contributed by atoms with van der Waals surface area (Å²) in [6, 6.07) is 0. The van der Waals surface area contributed by atoms with Crippen LogP contribution in [0.15, 0.2) is 4.52 Å². The molecule has 28 heavy (non-hydrogen) atoms. The molecule has 0 N–H and O–H groups in total. The van der Waals surface area contributed by atoms with Gasteiger partial charge in [0.25, 0.3) is 0 Å². The fraction of sp³-hybridized carbons (Fsp3) is 0.850. The second-order valence-corrected chi connectivity index (χ2v) is 8.24. The molecule has 1 saturated carbocycles. The van der Waals surface area contributed by atoms with Gasteiger partial charge in [0.2, 0.25) is 11.8 Å². The van der Waals surface area contributed by atoms with Crippen LogP contribution >= 0.6 is 0 Å². The number of likely N-dealkylation sites (tertiary alicyclic amines) is 1. The van der Waals surface area contributed by atoms with E-state index in [1.807, 2.05) is 4.90 Å². The summed E-state index contributed by atoms with van der Waals surface area (Å²) in [5, 5.41) is 4.10. The number of morpholine rings is 1. The molecule has 0 bridgehead atoms. The lowest BCUT2D eigenvalue weighted by atomic mass is 10.1. The molecule has 1 aromatic heterocycles. The zero-order chi connectivity index (χ0) is 19.2. The number of carbonyl (C=O) groups excluding carboxylic acids is 1. The fourth-order valence-electron chi connectivity index (χ4n) is 4.36. The second kappa shape index (κ2) is 9.80. The van der Waals surface area contributed by atoms with Gasteiger partial charge in [-0.05, 0) is 25.2 Å². The highest BCUT2D eigenvalue weighted by molar-refractivity contribution is 5.78. The highest BCUT2D eigenvalue weighted by atomic mass is 16.5. The first-order chi connectivity index (χ1) is 13.8. The smallest absolute Gasteiger partial charge is 0.236 e. The topological polar surface area (TPSA) is 80.9 Å². The van der Waals surface area contributed by atoms with E-state index in [0.717, 1.165) is 38.6 Å². The molecule has 1 unspecified atom stereocenters. The summed E-state index contributed by atoms with van der Waals surface area (Å²) in [6.07, 6.45) is 6.85. The van der Waals surface area contributed by atoms with E-state index in [0.29, 0.717) is 51.0 Å². The number of amides is 1. The lowest BCUT2D eigenvalue weighted by Crippen LogP contribution is -2.44. The summed E-state index contributed by atoms with van der Waals surface area (Å²) in [4.78, 5) is 21.2. The molecule has 3 fully saturated rings. The van der Waals surface area contributed by atoms with Crippen molar-refractivity contribution in [3.8, 4) is 0 Å². The lowest BCUT2D eigenvalue weighted by molar-refractivity contribution is -0.132. The predicted molar refractivity (Wildman–Crippen MR) is 102 cm³/mol. The SMILES string of the molecule is O=C(CN1CCOCC1)N1CCC(c2nc(CCOCC3CCCC3)no2)C1. The minimum atomic E-state index is 0.147. The molecule has 0 aromatic carbocycles. The number of hydrogen-bond donors (Lipinski definition) is 0. The Kier molecular flexibility index (Phi) is 6.93. The van der Waals surface area contributed by atoms with E-state index in [1.54, 1.807) is 0 Å². The average molecular weight is 393 g/mol. The number of rotatable bonds is 8. The van der Waals surface area contributed by atoms with Gasteiger partial charge in [0, 0.05) is 39.2 Å². The van der Waals surface area contributed by atoms with Crippen LogP contribution in [0, 0.1) is 5.92 Å². The third-order valence-electron chi connectivity index (χ3n) is 6.13. The molecule has 8 heteroatoms. The summed E-state index contributed by atoms with van der Waals surface area (Å²) in [7, 11) is 0. The number of ether oxygens (including phenoxy) is 2. The van der Waals surface area contributed by atoms with Crippen LogP contribution in [0.1, 0.15) is 49.7 Å². The fourth-order valence-corrected chi connectivity index (χ4v) is 4.36. The molecule has 3 heterocycles. The van der Waals surface area contributed by atoms with Crippen molar-refractivity contribution in [3.05, 3.63) is 11.7 Å². The lowest BCUT2D eigenvalue weighted by Gasteiger charge is -2.27. The zero-order valence-electron chi connectivity index (χ0n) is 16.7. The summed E-state index contributed by atoms with van der Waals surface area (Å²) < 4.78 is 16.6. The van der Waals surface area contributed by atoms with Gasteiger partial charge in [0.1, 0.15) is 0 Å². The molecule has 156 valence electrons. The predicted octanol–water partition coefficient (Wildman–Crippen LogP) is 1.47. The Bertz CT molecular complexity index is 625. The highest BCUT2D eigenvalue weighted by Crippen LogP contribution is 2.26. The van der Waals surface area contributed by atoms with E-state index >= 15 is 0 Å². The molecule has 4 rings (SSSR count). The van der Waals surface area contributed by atoms with Crippen molar-refractivity contribution in [3.63, 3.8) is 0 Å². The summed E-state index contributed by atoms with van der Waals surface area (Å²) in [5.74, 6) is 2.44. The Hall–Kier alpha value is -1.51. The molecule has 2 aliphatic heterocycles. The Balaban J connectivity index is 1.18. The largest absolute Gasteiger partial charge is 0.381 e. The number of hydrogen-bond acceptors (Lipinski definition) is 7. The first-order valence-electron chi connectivity index (χ1n) is 10.8. The first-order valence-corrected chi connectivity index (χ1v) is 10.8.